The SMILES string of the molecule is CC[C@H](CO)Nc1nc(Nc2ccc(S(=O)(=O)NCc3ccc(F)cc3)cc2)ncc1Br. The molecule has 1 atom stereocenters. The summed E-state index contributed by atoms with van der Waals surface area (Å²) in [5, 5.41) is 15.5. The lowest BCUT2D eigenvalue weighted by atomic mass is 10.2. The minimum absolute atomic E-state index is 0.0269. The molecule has 8 nitrogen and oxygen atoms in total. The van der Waals surface area contributed by atoms with Crippen molar-refractivity contribution in [2.24, 2.45) is 0 Å². The smallest absolute Gasteiger partial charge is 0.240 e. The second kappa shape index (κ2) is 10.8. The van der Waals surface area contributed by atoms with E-state index in [0.717, 1.165) is 6.42 Å². The van der Waals surface area contributed by atoms with Gasteiger partial charge in [0.1, 0.15) is 11.6 Å². The van der Waals surface area contributed by atoms with Gasteiger partial charge in [0, 0.05) is 18.4 Å². The lowest BCUT2D eigenvalue weighted by Gasteiger charge is -2.16. The molecule has 170 valence electrons. The normalized spacial score (nSPS) is 12.4. The third-order valence-corrected chi connectivity index (χ3v) is 6.60. The van der Waals surface area contributed by atoms with Gasteiger partial charge in [0.25, 0.3) is 0 Å². The van der Waals surface area contributed by atoms with Gasteiger partial charge in [-0.3, -0.25) is 0 Å². The Balaban J connectivity index is 1.67. The monoisotopic (exact) mass is 523 g/mol. The largest absolute Gasteiger partial charge is 0.394 e. The molecule has 0 radical (unpaired) electrons. The Morgan fingerprint density at radius 2 is 1.81 bits per heavy atom. The number of benzene rings is 2. The van der Waals surface area contributed by atoms with E-state index in [0.29, 0.717) is 27.5 Å². The maximum Gasteiger partial charge on any atom is 0.240 e. The lowest BCUT2D eigenvalue weighted by molar-refractivity contribution is 0.271. The molecule has 0 fully saturated rings. The van der Waals surface area contributed by atoms with Crippen molar-refractivity contribution in [2.45, 2.75) is 30.8 Å². The Morgan fingerprint density at radius 1 is 1.12 bits per heavy atom. The molecule has 1 aromatic heterocycles. The van der Waals surface area contributed by atoms with Crippen LogP contribution in [-0.2, 0) is 16.6 Å². The van der Waals surface area contributed by atoms with E-state index in [9.17, 15) is 17.9 Å². The van der Waals surface area contributed by atoms with Gasteiger partial charge < -0.3 is 15.7 Å². The van der Waals surface area contributed by atoms with Crippen molar-refractivity contribution in [3.8, 4) is 0 Å². The predicted octanol–water partition coefficient (Wildman–Crippen LogP) is 3.78. The summed E-state index contributed by atoms with van der Waals surface area (Å²) in [6.45, 7) is 1.98. The Kier molecular flexibility index (Phi) is 8.13. The third-order valence-electron chi connectivity index (χ3n) is 4.60. The van der Waals surface area contributed by atoms with Crippen LogP contribution in [0.15, 0.2) is 64.1 Å². The highest BCUT2D eigenvalue weighted by atomic mass is 79.9. The average molecular weight is 524 g/mol. The average Bonchev–Trinajstić information content (AvgIpc) is 2.79. The summed E-state index contributed by atoms with van der Waals surface area (Å²) in [5.41, 5.74) is 1.25. The number of hydrogen-bond donors (Lipinski definition) is 4. The summed E-state index contributed by atoms with van der Waals surface area (Å²) in [7, 11) is -3.73. The van der Waals surface area contributed by atoms with Gasteiger partial charge in [0.05, 0.1) is 22.0 Å². The van der Waals surface area contributed by atoms with E-state index in [1.165, 1.54) is 36.4 Å². The number of hydrogen-bond acceptors (Lipinski definition) is 7. The molecular weight excluding hydrogens is 501 g/mol. The number of nitrogens with zero attached hydrogens (tertiary/aromatic N) is 2. The van der Waals surface area contributed by atoms with Crippen LogP contribution in [0.2, 0.25) is 0 Å². The van der Waals surface area contributed by atoms with Crippen LogP contribution in [-0.4, -0.2) is 36.1 Å². The van der Waals surface area contributed by atoms with E-state index in [2.05, 4.69) is 41.3 Å². The van der Waals surface area contributed by atoms with Crippen LogP contribution in [0.4, 0.5) is 21.8 Å². The predicted molar refractivity (Wildman–Crippen MR) is 125 cm³/mol. The van der Waals surface area contributed by atoms with Gasteiger partial charge in [-0.25, -0.2) is 22.5 Å². The van der Waals surface area contributed by atoms with Crippen molar-refractivity contribution in [1.82, 2.24) is 14.7 Å². The molecule has 3 rings (SSSR count). The van der Waals surface area contributed by atoms with Crippen LogP contribution in [0.1, 0.15) is 18.9 Å². The van der Waals surface area contributed by atoms with Crippen LogP contribution in [0.25, 0.3) is 0 Å². The standard InChI is InChI=1S/C21H23BrFN5O3S/c1-2-16(13-29)26-20-19(22)12-24-21(28-20)27-17-7-9-18(10-8-17)32(30,31)25-11-14-3-5-15(23)6-4-14/h3-10,12,16,25,29H,2,11,13H2,1H3,(H2,24,26,27,28)/t16-/m1/s1. The fraction of sp³-hybridized carbons (Fsp3) is 0.238. The first-order chi connectivity index (χ1) is 15.3. The maximum absolute atomic E-state index is 13.0. The summed E-state index contributed by atoms with van der Waals surface area (Å²) >= 11 is 3.38. The van der Waals surface area contributed by atoms with Gasteiger partial charge in [0.2, 0.25) is 16.0 Å². The first kappa shape index (κ1) is 24.1. The Bertz CT molecular complexity index is 1140. The molecule has 0 bridgehead atoms. The maximum atomic E-state index is 13.0. The molecule has 0 aliphatic heterocycles. The van der Waals surface area contributed by atoms with Crippen LogP contribution < -0.4 is 15.4 Å². The fourth-order valence-corrected chi connectivity index (χ4v) is 4.03. The minimum Gasteiger partial charge on any atom is -0.394 e. The zero-order chi connectivity index (χ0) is 23.1. The van der Waals surface area contributed by atoms with E-state index in [-0.39, 0.29) is 29.9 Å². The highest BCUT2D eigenvalue weighted by Crippen LogP contribution is 2.23. The molecule has 0 aliphatic rings. The summed E-state index contributed by atoms with van der Waals surface area (Å²) in [6.07, 6.45) is 2.31. The second-order valence-electron chi connectivity index (χ2n) is 6.92. The van der Waals surface area contributed by atoms with Gasteiger partial charge in [-0.15, -0.1) is 0 Å². The van der Waals surface area contributed by atoms with E-state index in [4.69, 9.17) is 0 Å². The van der Waals surface area contributed by atoms with Crippen molar-refractivity contribution < 1.29 is 17.9 Å². The number of aromatic nitrogens is 2. The van der Waals surface area contributed by atoms with E-state index < -0.39 is 10.0 Å². The zero-order valence-corrected chi connectivity index (χ0v) is 19.6. The first-order valence-corrected chi connectivity index (χ1v) is 12.1. The molecule has 32 heavy (non-hydrogen) atoms. The summed E-state index contributed by atoms with van der Waals surface area (Å²) in [5.74, 6) is 0.469. The Labute approximate surface area is 194 Å². The van der Waals surface area contributed by atoms with Gasteiger partial charge in [0.15, 0.2) is 0 Å². The molecular formula is C21H23BrFN5O3S. The molecule has 4 N–H and O–H groups in total. The van der Waals surface area contributed by atoms with E-state index in [1.54, 1.807) is 18.3 Å². The van der Waals surface area contributed by atoms with Gasteiger partial charge >= 0.3 is 0 Å². The fourth-order valence-electron chi connectivity index (χ4n) is 2.71. The highest BCUT2D eigenvalue weighted by molar-refractivity contribution is 9.10. The van der Waals surface area contributed by atoms with Crippen molar-refractivity contribution in [3.63, 3.8) is 0 Å². The number of anilines is 3. The number of aliphatic hydroxyl groups is 1. The van der Waals surface area contributed by atoms with Crippen molar-refractivity contribution in [2.75, 3.05) is 17.2 Å². The topological polar surface area (TPSA) is 116 Å². The van der Waals surface area contributed by atoms with Crippen LogP contribution in [0.5, 0.6) is 0 Å². The molecule has 0 saturated carbocycles. The Morgan fingerprint density at radius 3 is 2.44 bits per heavy atom. The quantitative estimate of drug-likeness (QED) is 0.319. The van der Waals surface area contributed by atoms with Crippen molar-refractivity contribution in [3.05, 3.63) is 70.6 Å². The van der Waals surface area contributed by atoms with Crippen molar-refractivity contribution >= 4 is 43.4 Å². The molecule has 0 aliphatic carbocycles. The molecule has 3 aromatic rings. The summed E-state index contributed by atoms with van der Waals surface area (Å²) in [6, 6.07) is 11.6. The van der Waals surface area contributed by atoms with E-state index in [1.807, 2.05) is 6.92 Å². The number of aliphatic hydroxyl groups excluding tert-OH is 1. The van der Waals surface area contributed by atoms with Crippen LogP contribution in [0.3, 0.4) is 0 Å². The second-order valence-corrected chi connectivity index (χ2v) is 9.54. The summed E-state index contributed by atoms with van der Waals surface area (Å²) in [4.78, 5) is 8.70. The molecule has 2 aromatic carbocycles. The molecule has 0 spiro atoms. The lowest BCUT2D eigenvalue weighted by Crippen LogP contribution is -2.23. The molecule has 0 unspecified atom stereocenters. The van der Waals surface area contributed by atoms with Gasteiger partial charge in [-0.2, -0.15) is 4.98 Å². The Hall–Kier alpha value is -2.60. The molecule has 11 heteroatoms. The van der Waals surface area contributed by atoms with Crippen LogP contribution >= 0.6 is 15.9 Å². The van der Waals surface area contributed by atoms with Gasteiger partial charge in [-0.1, -0.05) is 19.1 Å². The van der Waals surface area contributed by atoms with Crippen LogP contribution in [0, 0.1) is 5.82 Å². The number of halogens is 2. The third kappa shape index (κ3) is 6.45. The minimum atomic E-state index is -3.73. The summed E-state index contributed by atoms with van der Waals surface area (Å²) < 4.78 is 41.2. The molecule has 0 amide bonds. The van der Waals surface area contributed by atoms with E-state index >= 15 is 0 Å². The van der Waals surface area contributed by atoms with Crippen molar-refractivity contribution in [1.29, 1.82) is 0 Å². The first-order valence-electron chi connectivity index (χ1n) is 9.82. The number of sulfonamides is 1. The van der Waals surface area contributed by atoms with Gasteiger partial charge in [-0.05, 0) is 64.3 Å². The highest BCUT2D eigenvalue weighted by Gasteiger charge is 2.14. The molecule has 0 saturated heterocycles. The number of nitrogens with one attached hydrogen (secondary N) is 3. The number of rotatable bonds is 10. The zero-order valence-electron chi connectivity index (χ0n) is 17.2. The molecule has 1 heterocycles.